The molecule has 2 aromatic carbocycles. The molecule has 0 N–H and O–H groups in total. The van der Waals surface area contributed by atoms with Crippen LogP contribution < -0.4 is 4.90 Å². The predicted octanol–water partition coefficient (Wildman–Crippen LogP) is 5.38. The van der Waals surface area contributed by atoms with Crippen molar-refractivity contribution in [3.8, 4) is 5.69 Å². The first kappa shape index (κ1) is 17.0. The molecule has 0 spiro atoms. The van der Waals surface area contributed by atoms with Gasteiger partial charge in [0.25, 0.3) is 0 Å². The number of nitrogens with zero attached hydrogens (tertiary/aromatic N) is 3. The van der Waals surface area contributed by atoms with Crippen LogP contribution in [-0.4, -0.2) is 23.9 Å². The molecule has 128 valence electrons. The van der Waals surface area contributed by atoms with E-state index in [0.29, 0.717) is 0 Å². The Morgan fingerprint density at radius 3 is 2.20 bits per heavy atom. The molecule has 0 unspecified atom stereocenters. The third-order valence-corrected chi connectivity index (χ3v) is 4.44. The number of aliphatic imine (C=N–C) groups is 1. The summed E-state index contributed by atoms with van der Waals surface area (Å²) >= 11 is 0. The van der Waals surface area contributed by atoms with E-state index in [4.69, 9.17) is 0 Å². The molecule has 1 aromatic heterocycles. The Morgan fingerprint density at radius 2 is 1.56 bits per heavy atom. The lowest BCUT2D eigenvalue weighted by Gasteiger charge is -2.20. The largest absolute Gasteiger partial charge is 0.372 e. The van der Waals surface area contributed by atoms with Gasteiger partial charge in [-0.2, -0.15) is 0 Å². The van der Waals surface area contributed by atoms with Crippen LogP contribution in [-0.2, 0) is 0 Å². The van der Waals surface area contributed by atoms with Crippen molar-refractivity contribution >= 4 is 17.6 Å². The standard InChI is InChI=1S/C22H25N3/c1-4-24(5-2)20-15-12-19(13-16-20)23-17-22-14-11-18(3)25(22)21-9-7-6-8-10-21/h6-17H,4-5H2,1-3H3. The summed E-state index contributed by atoms with van der Waals surface area (Å²) in [6, 6.07) is 23.0. The average Bonchev–Trinajstić information content (AvgIpc) is 3.03. The Kier molecular flexibility index (Phi) is 5.34. The molecule has 0 aliphatic carbocycles. The lowest BCUT2D eigenvalue weighted by Crippen LogP contribution is -2.21. The van der Waals surface area contributed by atoms with Gasteiger partial charge < -0.3 is 9.47 Å². The van der Waals surface area contributed by atoms with Crippen LogP contribution in [0.2, 0.25) is 0 Å². The summed E-state index contributed by atoms with van der Waals surface area (Å²) in [5.41, 5.74) is 5.64. The minimum atomic E-state index is 0.967. The van der Waals surface area contributed by atoms with Gasteiger partial charge in [-0.3, -0.25) is 4.99 Å². The van der Waals surface area contributed by atoms with Crippen molar-refractivity contribution < 1.29 is 0 Å². The lowest BCUT2D eigenvalue weighted by atomic mass is 10.2. The molecule has 0 aliphatic heterocycles. The van der Waals surface area contributed by atoms with Crippen LogP contribution in [0, 0.1) is 6.92 Å². The lowest BCUT2D eigenvalue weighted by molar-refractivity contribution is 0.866. The van der Waals surface area contributed by atoms with Gasteiger partial charge in [-0.1, -0.05) is 18.2 Å². The fraction of sp³-hybridized carbons (Fsp3) is 0.227. The van der Waals surface area contributed by atoms with E-state index in [2.05, 4.69) is 95.9 Å². The van der Waals surface area contributed by atoms with Crippen LogP contribution in [0.25, 0.3) is 5.69 Å². The first-order valence-electron chi connectivity index (χ1n) is 8.85. The zero-order valence-corrected chi connectivity index (χ0v) is 15.2. The average molecular weight is 331 g/mol. The number of aromatic nitrogens is 1. The molecule has 0 aliphatic rings. The van der Waals surface area contributed by atoms with E-state index < -0.39 is 0 Å². The van der Waals surface area contributed by atoms with Gasteiger partial charge in [-0.15, -0.1) is 0 Å². The fourth-order valence-corrected chi connectivity index (χ4v) is 3.07. The normalized spacial score (nSPS) is 11.2. The molecular weight excluding hydrogens is 306 g/mol. The van der Waals surface area contributed by atoms with Crippen molar-refractivity contribution in [2.75, 3.05) is 18.0 Å². The fourth-order valence-electron chi connectivity index (χ4n) is 3.07. The van der Waals surface area contributed by atoms with E-state index in [-0.39, 0.29) is 0 Å². The topological polar surface area (TPSA) is 20.5 Å². The molecule has 3 aromatic rings. The van der Waals surface area contributed by atoms with Crippen molar-refractivity contribution in [3.63, 3.8) is 0 Å². The van der Waals surface area contributed by atoms with Gasteiger partial charge in [-0.05, 0) is 69.3 Å². The van der Waals surface area contributed by atoms with Gasteiger partial charge >= 0.3 is 0 Å². The summed E-state index contributed by atoms with van der Waals surface area (Å²) < 4.78 is 2.22. The molecule has 0 atom stereocenters. The SMILES string of the molecule is CCN(CC)c1ccc(N=Cc2ccc(C)n2-c2ccccc2)cc1. The molecule has 3 nitrogen and oxygen atoms in total. The van der Waals surface area contributed by atoms with Crippen LogP contribution in [0.15, 0.2) is 71.7 Å². The van der Waals surface area contributed by atoms with Crippen LogP contribution >= 0.6 is 0 Å². The van der Waals surface area contributed by atoms with Crippen LogP contribution in [0.1, 0.15) is 25.2 Å². The molecule has 0 bridgehead atoms. The molecular formula is C22H25N3. The van der Waals surface area contributed by atoms with Crippen molar-refractivity contribution in [1.29, 1.82) is 0 Å². The highest BCUT2D eigenvalue weighted by molar-refractivity contribution is 5.81. The molecule has 0 fully saturated rings. The van der Waals surface area contributed by atoms with Gasteiger partial charge in [0.05, 0.1) is 17.6 Å². The van der Waals surface area contributed by atoms with E-state index in [9.17, 15) is 0 Å². The van der Waals surface area contributed by atoms with Crippen molar-refractivity contribution in [2.45, 2.75) is 20.8 Å². The maximum absolute atomic E-state index is 4.66. The summed E-state index contributed by atoms with van der Waals surface area (Å²) in [7, 11) is 0. The van der Waals surface area contributed by atoms with E-state index in [1.54, 1.807) is 0 Å². The minimum Gasteiger partial charge on any atom is -0.372 e. The Labute approximate surface area is 150 Å². The third-order valence-electron chi connectivity index (χ3n) is 4.44. The molecule has 3 rings (SSSR count). The number of para-hydroxylation sites is 1. The Bertz CT molecular complexity index is 825. The number of hydrogen-bond donors (Lipinski definition) is 0. The summed E-state index contributed by atoms with van der Waals surface area (Å²) in [5, 5.41) is 0. The second-order valence-corrected chi connectivity index (χ2v) is 6.02. The highest BCUT2D eigenvalue weighted by Gasteiger charge is 2.05. The smallest absolute Gasteiger partial charge is 0.0641 e. The van der Waals surface area contributed by atoms with Gasteiger partial charge in [0.15, 0.2) is 0 Å². The summed E-state index contributed by atoms with van der Waals surface area (Å²) in [6.45, 7) is 8.50. The third kappa shape index (κ3) is 3.82. The monoisotopic (exact) mass is 331 g/mol. The number of rotatable bonds is 6. The second kappa shape index (κ2) is 7.84. The predicted molar refractivity (Wildman–Crippen MR) is 108 cm³/mol. The number of anilines is 1. The Balaban J connectivity index is 1.84. The first-order chi connectivity index (χ1) is 12.2. The Morgan fingerprint density at radius 1 is 0.880 bits per heavy atom. The molecule has 0 radical (unpaired) electrons. The van der Waals surface area contributed by atoms with E-state index in [1.165, 1.54) is 11.4 Å². The molecule has 25 heavy (non-hydrogen) atoms. The van der Waals surface area contributed by atoms with Crippen LogP contribution in [0.4, 0.5) is 11.4 Å². The second-order valence-electron chi connectivity index (χ2n) is 6.02. The van der Waals surface area contributed by atoms with Crippen LogP contribution in [0.3, 0.4) is 0 Å². The zero-order chi connectivity index (χ0) is 17.6. The molecule has 0 saturated heterocycles. The molecule has 0 amide bonds. The van der Waals surface area contributed by atoms with Gasteiger partial charge in [-0.25, -0.2) is 0 Å². The maximum Gasteiger partial charge on any atom is 0.0641 e. The molecule has 3 heteroatoms. The highest BCUT2D eigenvalue weighted by Crippen LogP contribution is 2.21. The number of aryl methyl sites for hydroxylation is 1. The zero-order valence-electron chi connectivity index (χ0n) is 15.2. The molecule has 0 saturated carbocycles. The summed E-state index contributed by atoms with van der Waals surface area (Å²) in [5.74, 6) is 0. The maximum atomic E-state index is 4.66. The number of benzene rings is 2. The van der Waals surface area contributed by atoms with Crippen LogP contribution in [0.5, 0.6) is 0 Å². The van der Waals surface area contributed by atoms with Crippen molar-refractivity contribution in [2.24, 2.45) is 4.99 Å². The van der Waals surface area contributed by atoms with E-state index in [1.807, 2.05) is 12.3 Å². The van der Waals surface area contributed by atoms with Crippen molar-refractivity contribution in [3.05, 3.63) is 78.1 Å². The van der Waals surface area contributed by atoms with E-state index in [0.717, 1.165) is 30.2 Å². The van der Waals surface area contributed by atoms with E-state index >= 15 is 0 Å². The number of hydrogen-bond acceptors (Lipinski definition) is 2. The van der Waals surface area contributed by atoms with Crippen molar-refractivity contribution in [1.82, 2.24) is 4.57 Å². The van der Waals surface area contributed by atoms with Gasteiger partial charge in [0, 0.05) is 30.2 Å². The summed E-state index contributed by atoms with van der Waals surface area (Å²) in [6.07, 6.45) is 1.94. The first-order valence-corrected chi connectivity index (χ1v) is 8.85. The van der Waals surface area contributed by atoms with Gasteiger partial charge in [0.1, 0.15) is 0 Å². The summed E-state index contributed by atoms with van der Waals surface area (Å²) in [4.78, 5) is 6.99. The highest BCUT2D eigenvalue weighted by atomic mass is 15.1. The Hall–Kier alpha value is -2.81. The minimum absolute atomic E-state index is 0.967. The van der Waals surface area contributed by atoms with Gasteiger partial charge in [0.2, 0.25) is 0 Å². The quantitative estimate of drug-likeness (QED) is 0.555. The molecule has 1 heterocycles.